The third kappa shape index (κ3) is 3.53. The number of rotatable bonds is 5. The van der Waals surface area contributed by atoms with E-state index in [2.05, 4.69) is 27.3 Å². The molecule has 5 nitrogen and oxygen atoms in total. The quantitative estimate of drug-likeness (QED) is 0.865. The zero-order chi connectivity index (χ0) is 13.0. The van der Waals surface area contributed by atoms with Gasteiger partial charge in [-0.1, -0.05) is 12.1 Å². The topological polar surface area (TPSA) is 54.2 Å². The molecule has 0 aliphatic heterocycles. The summed E-state index contributed by atoms with van der Waals surface area (Å²) in [5, 5.41) is 7.56. The van der Waals surface area contributed by atoms with Crippen LogP contribution in [0.3, 0.4) is 0 Å². The van der Waals surface area contributed by atoms with Gasteiger partial charge < -0.3 is 14.7 Å². The fourth-order valence-corrected chi connectivity index (χ4v) is 2.61. The lowest BCUT2D eigenvalue weighted by molar-refractivity contribution is 0.282. The van der Waals surface area contributed by atoms with Crippen LogP contribution in [0.4, 0.5) is 0 Å². The minimum Gasteiger partial charge on any atom is -0.339 e. The fourth-order valence-electron chi connectivity index (χ4n) is 2.61. The molecule has 1 fully saturated rings. The third-order valence-corrected chi connectivity index (χ3v) is 3.51. The fraction of sp³-hybridized carbons (Fsp3) is 0.846. The second-order valence-corrected chi connectivity index (χ2v) is 5.39. The average molecular weight is 252 g/mol. The van der Waals surface area contributed by atoms with E-state index in [4.69, 9.17) is 4.52 Å². The second kappa shape index (κ2) is 6.29. The molecule has 1 aromatic heterocycles. The van der Waals surface area contributed by atoms with Crippen molar-refractivity contribution in [2.45, 2.75) is 51.1 Å². The highest BCUT2D eigenvalue weighted by Gasteiger charge is 2.25. The van der Waals surface area contributed by atoms with Crippen LogP contribution >= 0.6 is 0 Å². The number of hydrogen-bond acceptors (Lipinski definition) is 5. The first-order valence-corrected chi connectivity index (χ1v) is 6.89. The maximum absolute atomic E-state index is 5.39. The Bertz CT molecular complexity index is 356. The van der Waals surface area contributed by atoms with Gasteiger partial charge in [0.25, 0.3) is 0 Å². The molecule has 0 bridgehead atoms. The number of aromatic nitrogens is 2. The smallest absolute Gasteiger partial charge is 0.229 e. The minimum absolute atomic E-state index is 0.461. The zero-order valence-electron chi connectivity index (χ0n) is 11.6. The molecule has 1 aliphatic rings. The zero-order valence-corrected chi connectivity index (χ0v) is 11.6. The molecule has 1 aliphatic carbocycles. The Kier molecular flexibility index (Phi) is 4.72. The summed E-state index contributed by atoms with van der Waals surface area (Å²) in [6.45, 7) is 3.97. The van der Waals surface area contributed by atoms with Crippen LogP contribution in [0.2, 0.25) is 0 Å². The van der Waals surface area contributed by atoms with Crippen molar-refractivity contribution >= 4 is 0 Å². The highest BCUT2D eigenvalue weighted by Crippen LogP contribution is 2.31. The summed E-state index contributed by atoms with van der Waals surface area (Å²) in [4.78, 5) is 6.56. The van der Waals surface area contributed by atoms with Crippen molar-refractivity contribution in [3.63, 3.8) is 0 Å². The Labute approximate surface area is 109 Å². The SMILES string of the molecule is CCNC1CCC(c2nc(CN(C)C)no2)CC1. The monoisotopic (exact) mass is 252 g/mol. The van der Waals surface area contributed by atoms with Gasteiger partial charge in [0, 0.05) is 12.0 Å². The Hall–Kier alpha value is -0.940. The number of nitrogens with zero attached hydrogens (tertiary/aromatic N) is 3. The van der Waals surface area contributed by atoms with Crippen LogP contribution < -0.4 is 5.32 Å². The molecule has 0 atom stereocenters. The lowest BCUT2D eigenvalue weighted by Gasteiger charge is -2.26. The largest absolute Gasteiger partial charge is 0.339 e. The Balaban J connectivity index is 1.87. The molecule has 0 unspecified atom stereocenters. The van der Waals surface area contributed by atoms with Gasteiger partial charge in [-0.05, 0) is 46.3 Å². The van der Waals surface area contributed by atoms with Gasteiger partial charge in [-0.3, -0.25) is 0 Å². The van der Waals surface area contributed by atoms with Crippen molar-refractivity contribution in [3.05, 3.63) is 11.7 Å². The van der Waals surface area contributed by atoms with Gasteiger partial charge in [0.2, 0.25) is 5.89 Å². The first kappa shape index (κ1) is 13.5. The van der Waals surface area contributed by atoms with Gasteiger partial charge >= 0.3 is 0 Å². The minimum atomic E-state index is 0.461. The Morgan fingerprint density at radius 1 is 1.28 bits per heavy atom. The summed E-state index contributed by atoms with van der Waals surface area (Å²) in [7, 11) is 4.02. The molecule has 18 heavy (non-hydrogen) atoms. The molecule has 5 heteroatoms. The number of hydrogen-bond donors (Lipinski definition) is 1. The summed E-state index contributed by atoms with van der Waals surface area (Å²) in [5.74, 6) is 2.09. The normalized spacial score (nSPS) is 24.7. The van der Waals surface area contributed by atoms with Crippen molar-refractivity contribution in [2.75, 3.05) is 20.6 Å². The summed E-state index contributed by atoms with van der Waals surface area (Å²) in [6, 6.07) is 0.676. The van der Waals surface area contributed by atoms with Crippen LogP contribution in [-0.4, -0.2) is 41.7 Å². The number of nitrogens with one attached hydrogen (secondary N) is 1. The van der Waals surface area contributed by atoms with E-state index in [1.807, 2.05) is 14.1 Å². The van der Waals surface area contributed by atoms with E-state index in [0.717, 1.165) is 37.6 Å². The molecule has 102 valence electrons. The summed E-state index contributed by atoms with van der Waals surface area (Å²) >= 11 is 0. The lowest BCUT2D eigenvalue weighted by Crippen LogP contribution is -2.32. The predicted molar refractivity (Wildman–Crippen MR) is 70.4 cm³/mol. The summed E-state index contributed by atoms with van der Waals surface area (Å²) in [6.07, 6.45) is 4.73. The van der Waals surface area contributed by atoms with Crippen LogP contribution in [0.25, 0.3) is 0 Å². The molecule has 0 aromatic carbocycles. The van der Waals surface area contributed by atoms with Crippen molar-refractivity contribution in [1.82, 2.24) is 20.4 Å². The van der Waals surface area contributed by atoms with Crippen LogP contribution in [0.1, 0.15) is 50.2 Å². The molecule has 0 amide bonds. The van der Waals surface area contributed by atoms with Crippen molar-refractivity contribution in [2.24, 2.45) is 0 Å². The maximum Gasteiger partial charge on any atom is 0.229 e. The van der Waals surface area contributed by atoms with Gasteiger partial charge in [0.15, 0.2) is 5.82 Å². The van der Waals surface area contributed by atoms with Crippen LogP contribution in [-0.2, 0) is 6.54 Å². The maximum atomic E-state index is 5.39. The predicted octanol–water partition coefficient (Wildman–Crippen LogP) is 1.77. The van der Waals surface area contributed by atoms with Gasteiger partial charge in [-0.15, -0.1) is 0 Å². The molecule has 0 radical (unpaired) electrons. The molecular weight excluding hydrogens is 228 g/mol. The van der Waals surface area contributed by atoms with Crippen LogP contribution in [0, 0.1) is 0 Å². The molecule has 1 heterocycles. The molecule has 1 aromatic rings. The van der Waals surface area contributed by atoms with Gasteiger partial charge in [-0.2, -0.15) is 4.98 Å². The molecular formula is C13H24N4O. The Morgan fingerprint density at radius 2 is 2.00 bits per heavy atom. The van der Waals surface area contributed by atoms with E-state index in [1.165, 1.54) is 12.8 Å². The van der Waals surface area contributed by atoms with Crippen LogP contribution in [0.15, 0.2) is 4.52 Å². The van der Waals surface area contributed by atoms with E-state index < -0.39 is 0 Å². The first-order chi connectivity index (χ1) is 8.69. The summed E-state index contributed by atoms with van der Waals surface area (Å²) < 4.78 is 5.39. The molecule has 1 saturated carbocycles. The van der Waals surface area contributed by atoms with Gasteiger partial charge in [0.05, 0.1) is 6.54 Å². The van der Waals surface area contributed by atoms with Crippen molar-refractivity contribution < 1.29 is 4.52 Å². The molecule has 1 N–H and O–H groups in total. The van der Waals surface area contributed by atoms with E-state index in [-0.39, 0.29) is 0 Å². The Morgan fingerprint density at radius 3 is 2.61 bits per heavy atom. The van der Waals surface area contributed by atoms with E-state index in [1.54, 1.807) is 0 Å². The van der Waals surface area contributed by atoms with E-state index in [9.17, 15) is 0 Å². The van der Waals surface area contributed by atoms with Crippen molar-refractivity contribution in [3.8, 4) is 0 Å². The van der Waals surface area contributed by atoms with Crippen LogP contribution in [0.5, 0.6) is 0 Å². The highest BCUT2D eigenvalue weighted by atomic mass is 16.5. The van der Waals surface area contributed by atoms with Gasteiger partial charge in [-0.25, -0.2) is 0 Å². The average Bonchev–Trinajstić information content (AvgIpc) is 2.78. The summed E-state index contributed by atoms with van der Waals surface area (Å²) in [5.41, 5.74) is 0. The molecule has 0 saturated heterocycles. The molecule has 2 rings (SSSR count). The van der Waals surface area contributed by atoms with E-state index >= 15 is 0 Å². The van der Waals surface area contributed by atoms with Crippen molar-refractivity contribution in [1.29, 1.82) is 0 Å². The highest BCUT2D eigenvalue weighted by molar-refractivity contribution is 4.97. The standard InChI is InChI=1S/C13H24N4O/c1-4-14-11-7-5-10(6-8-11)13-15-12(16-18-13)9-17(2)3/h10-11,14H,4-9H2,1-3H3. The van der Waals surface area contributed by atoms with E-state index in [0.29, 0.717) is 12.0 Å². The second-order valence-electron chi connectivity index (χ2n) is 5.39. The van der Waals surface area contributed by atoms with Gasteiger partial charge in [0.1, 0.15) is 0 Å². The first-order valence-electron chi connectivity index (χ1n) is 6.89. The molecule has 0 spiro atoms. The third-order valence-electron chi connectivity index (χ3n) is 3.51. The lowest BCUT2D eigenvalue weighted by atomic mass is 9.86.